The van der Waals surface area contributed by atoms with E-state index in [0.29, 0.717) is 33.1 Å². The Bertz CT molecular complexity index is 197. The molecule has 0 atom stereocenters. The Balaban J connectivity index is 2.46. The minimum Gasteiger partial charge on any atom is -0.294 e. The first-order chi connectivity index (χ1) is 7.02. The van der Waals surface area contributed by atoms with Crippen LogP contribution in [0.2, 0.25) is 0 Å². The highest BCUT2D eigenvalue weighted by atomic mass is 32.2. The van der Waals surface area contributed by atoms with Gasteiger partial charge in [0.15, 0.2) is 11.5 Å². The van der Waals surface area contributed by atoms with E-state index in [9.17, 15) is 4.79 Å². The molecule has 1 nitrogen and oxygen atoms in total. The van der Waals surface area contributed by atoms with Gasteiger partial charge >= 0.3 is 0 Å². The van der Waals surface area contributed by atoms with Gasteiger partial charge in [-0.15, -0.1) is 0 Å². The molecule has 0 bridgehead atoms. The average Bonchev–Trinajstić information content (AvgIpc) is 2.65. The zero-order chi connectivity index (χ0) is 11.4. The lowest BCUT2D eigenvalue weighted by atomic mass is 10.0. The van der Waals surface area contributed by atoms with Crippen LogP contribution in [-0.2, 0) is 15.7 Å². The molecule has 1 rings (SSSR count). The summed E-state index contributed by atoms with van der Waals surface area (Å²) in [6.07, 6.45) is 4.86. The minimum absolute atomic E-state index is 0.296. The molecule has 0 N–H and O–H groups in total. The number of hydrogen-bond acceptors (Lipinski definition) is 1. The third-order valence-electron chi connectivity index (χ3n) is 3.33. The molecular formula is C13H25OS+. The van der Waals surface area contributed by atoms with Crippen LogP contribution in [0.1, 0.15) is 53.4 Å². The van der Waals surface area contributed by atoms with Gasteiger partial charge in [0.25, 0.3) is 0 Å². The number of hydrogen-bond donors (Lipinski definition) is 0. The quantitative estimate of drug-likeness (QED) is 0.662. The van der Waals surface area contributed by atoms with E-state index in [1.165, 1.54) is 12.8 Å². The largest absolute Gasteiger partial charge is 0.294 e. The van der Waals surface area contributed by atoms with Crippen molar-refractivity contribution < 1.29 is 4.79 Å². The Hall–Kier alpha value is 0.0200. The number of rotatable bonds is 5. The second kappa shape index (κ2) is 5.93. The summed E-state index contributed by atoms with van der Waals surface area (Å²) in [4.78, 5) is 12.1. The van der Waals surface area contributed by atoms with Crippen LogP contribution in [0.4, 0.5) is 0 Å². The molecule has 1 aliphatic rings. The second-order valence-corrected chi connectivity index (χ2v) is 8.27. The highest BCUT2D eigenvalue weighted by molar-refractivity contribution is 7.98. The van der Waals surface area contributed by atoms with Gasteiger partial charge in [-0.05, 0) is 51.4 Å². The van der Waals surface area contributed by atoms with Crippen molar-refractivity contribution in [3.63, 3.8) is 0 Å². The molecule has 2 heteroatoms. The average molecular weight is 229 g/mol. The van der Waals surface area contributed by atoms with Gasteiger partial charge in [0.1, 0.15) is 10.5 Å². The van der Waals surface area contributed by atoms with Gasteiger partial charge in [-0.2, -0.15) is 0 Å². The van der Waals surface area contributed by atoms with Crippen molar-refractivity contribution >= 4 is 16.7 Å². The first kappa shape index (κ1) is 13.1. The molecule has 1 saturated carbocycles. The van der Waals surface area contributed by atoms with Crippen LogP contribution in [0.3, 0.4) is 0 Å². The predicted molar refractivity (Wildman–Crippen MR) is 69.5 cm³/mol. The summed E-state index contributed by atoms with van der Waals surface area (Å²) in [5.41, 5.74) is 0. The lowest BCUT2D eigenvalue weighted by Crippen LogP contribution is -2.33. The molecule has 0 aliphatic heterocycles. The maximum absolute atomic E-state index is 12.1. The van der Waals surface area contributed by atoms with Gasteiger partial charge < -0.3 is 0 Å². The molecule has 0 aromatic rings. The Kier molecular flexibility index (Phi) is 5.17. The van der Waals surface area contributed by atoms with E-state index in [1.54, 1.807) is 0 Å². The zero-order valence-corrected chi connectivity index (χ0v) is 11.4. The van der Waals surface area contributed by atoms with Crippen molar-refractivity contribution in [3.05, 3.63) is 0 Å². The molecule has 15 heavy (non-hydrogen) atoms. The third-order valence-corrected chi connectivity index (χ3v) is 6.37. The second-order valence-electron chi connectivity index (χ2n) is 5.16. The molecule has 0 saturated heterocycles. The van der Waals surface area contributed by atoms with E-state index >= 15 is 0 Å². The van der Waals surface area contributed by atoms with E-state index < -0.39 is 0 Å². The van der Waals surface area contributed by atoms with Crippen LogP contribution in [0.5, 0.6) is 0 Å². The van der Waals surface area contributed by atoms with E-state index in [0.717, 1.165) is 18.6 Å². The van der Waals surface area contributed by atoms with Crippen molar-refractivity contribution in [1.29, 1.82) is 0 Å². The Morgan fingerprint density at radius 2 is 1.60 bits per heavy atom. The van der Waals surface area contributed by atoms with Crippen LogP contribution < -0.4 is 0 Å². The fourth-order valence-corrected chi connectivity index (χ4v) is 4.73. The summed E-state index contributed by atoms with van der Waals surface area (Å²) in [7, 11) is 0.296. The molecule has 1 aliphatic carbocycles. The maximum atomic E-state index is 12.1. The Morgan fingerprint density at radius 3 is 2.00 bits per heavy atom. The standard InChI is InChI=1S/C13H25OS/c1-10(2)15(11(3)4)9-13(14)12-7-5-6-8-12/h10-12H,5-9H2,1-4H3/q+1. The third kappa shape index (κ3) is 3.82. The van der Waals surface area contributed by atoms with Crippen LogP contribution in [-0.4, -0.2) is 22.0 Å². The van der Waals surface area contributed by atoms with Crippen molar-refractivity contribution in [1.82, 2.24) is 0 Å². The van der Waals surface area contributed by atoms with Gasteiger partial charge in [-0.25, -0.2) is 0 Å². The van der Waals surface area contributed by atoms with E-state index in [4.69, 9.17) is 0 Å². The van der Waals surface area contributed by atoms with Gasteiger partial charge in [-0.1, -0.05) is 12.8 Å². The van der Waals surface area contributed by atoms with Gasteiger partial charge in [0, 0.05) is 5.92 Å². The topological polar surface area (TPSA) is 17.1 Å². The van der Waals surface area contributed by atoms with Crippen LogP contribution >= 0.6 is 0 Å². The van der Waals surface area contributed by atoms with Crippen LogP contribution in [0.25, 0.3) is 0 Å². The highest BCUT2D eigenvalue weighted by Crippen LogP contribution is 2.27. The molecule has 0 amide bonds. The first-order valence-electron chi connectivity index (χ1n) is 6.23. The normalized spacial score (nSPS) is 18.3. The van der Waals surface area contributed by atoms with Crippen molar-refractivity contribution in [2.24, 2.45) is 5.92 Å². The summed E-state index contributed by atoms with van der Waals surface area (Å²) in [5.74, 6) is 1.82. The van der Waals surface area contributed by atoms with Crippen molar-refractivity contribution in [2.45, 2.75) is 63.9 Å². The van der Waals surface area contributed by atoms with Crippen molar-refractivity contribution in [3.8, 4) is 0 Å². The fraction of sp³-hybridized carbons (Fsp3) is 0.923. The molecule has 0 radical (unpaired) electrons. The maximum Gasteiger partial charge on any atom is 0.184 e. The van der Waals surface area contributed by atoms with Gasteiger partial charge in [0.05, 0.1) is 0 Å². The summed E-state index contributed by atoms with van der Waals surface area (Å²) in [5, 5.41) is 1.32. The highest BCUT2D eigenvalue weighted by Gasteiger charge is 2.33. The van der Waals surface area contributed by atoms with E-state index in [2.05, 4.69) is 27.7 Å². The van der Waals surface area contributed by atoms with Crippen LogP contribution in [0.15, 0.2) is 0 Å². The number of carbonyl (C=O) groups excluding carboxylic acids is 1. The van der Waals surface area contributed by atoms with Gasteiger partial charge in [0.2, 0.25) is 0 Å². The number of carbonyl (C=O) groups is 1. The first-order valence-corrected chi connectivity index (χ1v) is 7.75. The molecule has 0 heterocycles. The predicted octanol–water partition coefficient (Wildman–Crippen LogP) is 3.18. The molecule has 1 fully saturated rings. The molecule has 0 aromatic heterocycles. The molecule has 0 unspecified atom stereocenters. The molecule has 88 valence electrons. The van der Waals surface area contributed by atoms with Crippen molar-refractivity contribution in [2.75, 3.05) is 5.75 Å². The van der Waals surface area contributed by atoms with E-state index in [1.807, 2.05) is 0 Å². The summed E-state index contributed by atoms with van der Waals surface area (Å²) >= 11 is 0. The molecule has 0 spiro atoms. The van der Waals surface area contributed by atoms with E-state index in [-0.39, 0.29) is 0 Å². The summed E-state index contributed by atoms with van der Waals surface area (Å²) in [6.45, 7) is 9.02. The number of Topliss-reactive ketones (excluding diaryl/α,β-unsaturated/α-hetero) is 1. The Morgan fingerprint density at radius 1 is 1.13 bits per heavy atom. The van der Waals surface area contributed by atoms with Gasteiger partial charge in [-0.3, -0.25) is 4.79 Å². The summed E-state index contributed by atoms with van der Waals surface area (Å²) < 4.78 is 0. The lowest BCUT2D eigenvalue weighted by molar-refractivity contribution is -0.120. The minimum atomic E-state index is 0.296. The zero-order valence-electron chi connectivity index (χ0n) is 10.6. The smallest absolute Gasteiger partial charge is 0.184 e. The fourth-order valence-electron chi connectivity index (χ4n) is 2.41. The van der Waals surface area contributed by atoms with Crippen LogP contribution in [0, 0.1) is 5.92 Å². The molecule has 0 aromatic carbocycles. The lowest BCUT2D eigenvalue weighted by Gasteiger charge is -2.16. The molecular weight excluding hydrogens is 204 g/mol. The Labute approximate surface area is 97.4 Å². The monoisotopic (exact) mass is 229 g/mol. The SMILES string of the molecule is CC(C)[S+](CC(=O)C1CCCC1)C(C)C. The number of ketones is 1. The summed E-state index contributed by atoms with van der Waals surface area (Å²) in [6, 6.07) is 0.